The second-order valence-corrected chi connectivity index (χ2v) is 28.8. The molecule has 15 nitrogen and oxygen atoms in total. The fourth-order valence-electron chi connectivity index (χ4n) is 10.4. The molecule has 1 N–H and O–H groups in total. The van der Waals surface area contributed by atoms with Gasteiger partial charge < -0.3 is 61.9 Å². The molecule has 0 aliphatic heterocycles. The molecule has 0 aromatic heterocycles. The van der Waals surface area contributed by atoms with E-state index in [0.29, 0.717) is 84.5 Å². The van der Waals surface area contributed by atoms with Crippen molar-refractivity contribution in [1.82, 2.24) is 0 Å². The lowest BCUT2D eigenvalue weighted by molar-refractivity contribution is -0.499. The molecule has 89 heavy (non-hydrogen) atoms. The van der Waals surface area contributed by atoms with Crippen LogP contribution in [0.4, 0.5) is 0 Å². The standard InChI is InChI=1S/C74H150O15/c1-22-29-32-35-42-56-82-73(88-71(19,27-6)28-7,50-39-34-33-36-41-54-80-67(75)64(26-5)45-30-23-2)87-66(46-38-37-40-53-78-60-69(14,15)16)86-70(17,18)68(85-65(76-21)48-57-79-63(12)13)74(84-59-62(10)11,83-58-47-61(8)9)89-72(20,49-31-24-3)81-55-44-43-52-77-51-25-4/h61-68,75H,22-60H2,1-21H3. The van der Waals surface area contributed by atoms with Crippen LogP contribution in [-0.4, -0.2) is 138 Å². The SMILES string of the molecule is CCCCCCCOC(CCCCCCCOC(O)C(CC)CCCC)(OC(CCCCCOCC(C)(C)C)OC(C)(C)C(OC(CCOC(C)C)OC)C(OCCC(C)C)(OCC(C)C)OC(C)(CCCC)OCCCCOCCC)OC(C)(CC)CC. The van der Waals surface area contributed by atoms with Crippen LogP contribution in [0.1, 0.15) is 325 Å². The van der Waals surface area contributed by atoms with Crippen LogP contribution in [0, 0.1) is 23.2 Å². The zero-order chi connectivity index (χ0) is 67.1. The molecule has 536 valence electrons. The van der Waals surface area contributed by atoms with E-state index in [1.807, 2.05) is 34.6 Å². The van der Waals surface area contributed by atoms with Crippen LogP contribution in [-0.2, 0) is 66.3 Å². The van der Waals surface area contributed by atoms with Crippen LogP contribution in [0.25, 0.3) is 0 Å². The lowest BCUT2D eigenvalue weighted by atomic mass is 9.97. The molecule has 0 saturated carbocycles. The molecular formula is C74H150O15. The van der Waals surface area contributed by atoms with Crippen molar-refractivity contribution < 1.29 is 71.4 Å². The molecule has 0 spiro atoms. The van der Waals surface area contributed by atoms with Gasteiger partial charge in [-0.3, -0.25) is 9.47 Å². The van der Waals surface area contributed by atoms with Gasteiger partial charge in [-0.15, -0.1) is 0 Å². The first-order valence-corrected chi connectivity index (χ1v) is 36.8. The van der Waals surface area contributed by atoms with E-state index in [2.05, 4.69) is 104 Å². The fourth-order valence-corrected chi connectivity index (χ4v) is 10.4. The second-order valence-electron chi connectivity index (χ2n) is 28.8. The molecule has 0 radical (unpaired) electrons. The summed E-state index contributed by atoms with van der Waals surface area (Å²) in [6.45, 7) is 48.0. The Labute approximate surface area is 550 Å². The number of aliphatic hydroxyl groups excluding tert-OH is 1. The summed E-state index contributed by atoms with van der Waals surface area (Å²) in [5, 5.41) is 10.9. The summed E-state index contributed by atoms with van der Waals surface area (Å²) < 4.78 is 97.0. The third kappa shape index (κ3) is 43.3. The Morgan fingerprint density at radius 3 is 1.64 bits per heavy atom. The van der Waals surface area contributed by atoms with Crippen LogP contribution in [0.15, 0.2) is 0 Å². The Morgan fingerprint density at radius 1 is 0.438 bits per heavy atom. The molecule has 0 amide bonds. The number of methoxy groups -OCH3 is 1. The number of aliphatic hydroxyl groups is 1. The molecule has 15 heteroatoms. The molecular weight excluding hydrogens is 1130 g/mol. The highest BCUT2D eigenvalue weighted by Gasteiger charge is 2.58. The van der Waals surface area contributed by atoms with E-state index in [0.717, 1.165) is 161 Å². The molecule has 0 bridgehead atoms. The average Bonchev–Trinajstić information content (AvgIpc) is 0.805. The number of ether oxygens (including phenoxy) is 14. The maximum absolute atomic E-state index is 10.9. The summed E-state index contributed by atoms with van der Waals surface area (Å²) >= 11 is 0. The van der Waals surface area contributed by atoms with Crippen molar-refractivity contribution in [3.8, 4) is 0 Å². The van der Waals surface area contributed by atoms with Gasteiger partial charge in [-0.1, -0.05) is 168 Å². The molecule has 0 fully saturated rings. The van der Waals surface area contributed by atoms with E-state index in [9.17, 15) is 5.11 Å². The minimum atomic E-state index is -1.90. The predicted molar refractivity (Wildman–Crippen MR) is 365 cm³/mol. The first kappa shape index (κ1) is 88.4. The van der Waals surface area contributed by atoms with Gasteiger partial charge in [0.15, 0.2) is 30.8 Å². The van der Waals surface area contributed by atoms with Gasteiger partial charge in [0, 0.05) is 58.7 Å². The quantitative estimate of drug-likeness (QED) is 0.0454. The molecule has 0 aliphatic rings. The van der Waals surface area contributed by atoms with Crippen molar-refractivity contribution in [3.63, 3.8) is 0 Å². The molecule has 0 aromatic rings. The Morgan fingerprint density at radius 2 is 1.03 bits per heavy atom. The molecule has 0 aliphatic carbocycles. The monoisotopic (exact) mass is 1280 g/mol. The number of unbranched alkanes of at least 4 members (excludes halogenated alkanes) is 13. The minimum absolute atomic E-state index is 0.00781. The number of hydrogen-bond acceptors (Lipinski definition) is 15. The summed E-state index contributed by atoms with van der Waals surface area (Å²) in [4.78, 5) is 0. The lowest BCUT2D eigenvalue weighted by Crippen LogP contribution is -2.65. The zero-order valence-electron chi connectivity index (χ0n) is 62.4. The highest BCUT2D eigenvalue weighted by Crippen LogP contribution is 2.43. The van der Waals surface area contributed by atoms with Crippen molar-refractivity contribution >= 4 is 0 Å². The second kappa shape index (κ2) is 51.6. The normalized spacial score (nSPS) is 16.7. The first-order chi connectivity index (χ1) is 42.2. The Bertz CT molecular complexity index is 1570. The van der Waals surface area contributed by atoms with Gasteiger partial charge in [-0.05, 0) is 155 Å². The summed E-state index contributed by atoms with van der Waals surface area (Å²) in [7, 11) is 1.66. The van der Waals surface area contributed by atoms with Crippen LogP contribution >= 0.6 is 0 Å². The average molecular weight is 1280 g/mol. The van der Waals surface area contributed by atoms with Crippen molar-refractivity contribution in [2.45, 2.75) is 385 Å². The summed E-state index contributed by atoms with van der Waals surface area (Å²) in [6, 6.07) is 0. The van der Waals surface area contributed by atoms with Gasteiger partial charge in [0.1, 0.15) is 0 Å². The Kier molecular flexibility index (Phi) is 51.3. The van der Waals surface area contributed by atoms with Gasteiger partial charge in [0.25, 0.3) is 5.97 Å². The van der Waals surface area contributed by atoms with Crippen LogP contribution in [0.2, 0.25) is 0 Å². The Balaban J connectivity index is 8.33. The van der Waals surface area contributed by atoms with Gasteiger partial charge >= 0.3 is 5.97 Å². The predicted octanol–water partition coefficient (Wildman–Crippen LogP) is 19.6. The van der Waals surface area contributed by atoms with Crippen molar-refractivity contribution in [2.24, 2.45) is 23.2 Å². The molecule has 0 heterocycles. The van der Waals surface area contributed by atoms with Gasteiger partial charge in [0.05, 0.1) is 56.9 Å². The van der Waals surface area contributed by atoms with E-state index in [1.54, 1.807) is 7.11 Å². The Hall–Kier alpha value is -0.600. The van der Waals surface area contributed by atoms with Crippen LogP contribution < -0.4 is 0 Å². The van der Waals surface area contributed by atoms with E-state index in [1.165, 1.54) is 6.42 Å². The van der Waals surface area contributed by atoms with Gasteiger partial charge in [0.2, 0.25) is 0 Å². The molecule has 0 rings (SSSR count). The summed E-state index contributed by atoms with van der Waals surface area (Å²) in [5.41, 5.74) is -1.80. The number of rotatable bonds is 65. The van der Waals surface area contributed by atoms with Crippen LogP contribution in [0.5, 0.6) is 0 Å². The smallest absolute Gasteiger partial charge is 0.316 e. The van der Waals surface area contributed by atoms with Crippen molar-refractivity contribution in [3.05, 3.63) is 0 Å². The van der Waals surface area contributed by atoms with Crippen molar-refractivity contribution in [1.29, 1.82) is 0 Å². The maximum atomic E-state index is 10.9. The topological polar surface area (TPSA) is 149 Å². The lowest BCUT2D eigenvalue weighted by Gasteiger charge is -2.51. The van der Waals surface area contributed by atoms with Gasteiger partial charge in [-0.25, -0.2) is 0 Å². The minimum Gasteiger partial charge on any atom is -0.381 e. The van der Waals surface area contributed by atoms with E-state index in [4.69, 9.17) is 66.3 Å². The van der Waals surface area contributed by atoms with E-state index in [-0.39, 0.29) is 30.0 Å². The van der Waals surface area contributed by atoms with E-state index < -0.39 is 53.9 Å². The molecule has 0 saturated heterocycles. The highest BCUT2D eigenvalue weighted by atomic mass is 16.9. The third-order valence-electron chi connectivity index (χ3n) is 16.5. The summed E-state index contributed by atoms with van der Waals surface area (Å²) in [6.07, 6.45) is 21.8. The maximum Gasteiger partial charge on any atom is 0.316 e. The highest BCUT2D eigenvalue weighted by molar-refractivity contribution is 4.92. The van der Waals surface area contributed by atoms with E-state index >= 15 is 0 Å². The third-order valence-corrected chi connectivity index (χ3v) is 16.5. The van der Waals surface area contributed by atoms with Crippen molar-refractivity contribution in [2.75, 3.05) is 73.2 Å². The molecule has 8 atom stereocenters. The number of hydrogen-bond donors (Lipinski definition) is 1. The fraction of sp³-hybridized carbons (Fsp3) is 1.00. The molecule has 8 unspecified atom stereocenters. The van der Waals surface area contributed by atoms with Crippen LogP contribution in [0.3, 0.4) is 0 Å². The summed E-state index contributed by atoms with van der Waals surface area (Å²) in [5.74, 6) is -3.98. The van der Waals surface area contributed by atoms with Gasteiger partial charge in [-0.2, -0.15) is 0 Å². The zero-order valence-corrected chi connectivity index (χ0v) is 62.4. The first-order valence-electron chi connectivity index (χ1n) is 36.8. The largest absolute Gasteiger partial charge is 0.381 e. The molecule has 0 aromatic carbocycles.